The Kier molecular flexibility index (Phi) is 13.0. The Morgan fingerprint density at radius 1 is 0.917 bits per heavy atom. The monoisotopic (exact) mass is 341 g/mol. The molecule has 1 rings (SSSR count). The quantitative estimate of drug-likeness (QED) is 0.443. The second-order valence-corrected chi connectivity index (χ2v) is 4.82. The van der Waals surface area contributed by atoms with Crippen LogP contribution in [0, 0.1) is 0 Å². The van der Waals surface area contributed by atoms with Gasteiger partial charge in [0, 0.05) is 0 Å². The van der Waals surface area contributed by atoms with Gasteiger partial charge >= 0.3 is 11.9 Å². The van der Waals surface area contributed by atoms with Crippen LogP contribution >= 0.6 is 0 Å². The van der Waals surface area contributed by atoms with Crippen molar-refractivity contribution >= 4 is 11.9 Å². The van der Waals surface area contributed by atoms with E-state index in [2.05, 4.69) is 12.2 Å². The van der Waals surface area contributed by atoms with Crippen LogP contribution in [-0.2, 0) is 9.59 Å². The third kappa shape index (κ3) is 12.3. The van der Waals surface area contributed by atoms with Crippen LogP contribution in [0.4, 0.5) is 0 Å². The van der Waals surface area contributed by atoms with E-state index in [1.54, 1.807) is 0 Å². The van der Waals surface area contributed by atoms with Gasteiger partial charge in [0.05, 0.1) is 13.2 Å². The second kappa shape index (κ2) is 14.3. The predicted molar refractivity (Wildman–Crippen MR) is 90.8 cm³/mol. The number of rotatable bonds is 10. The maximum Gasteiger partial charge on any atom is 0.414 e. The van der Waals surface area contributed by atoms with E-state index < -0.39 is 11.9 Å². The number of unbranched alkanes of at least 4 members (excludes halogenated alkanes) is 1. The smallest absolute Gasteiger partial charge is 0.414 e. The molecular formula is C17H27NO6. The van der Waals surface area contributed by atoms with Gasteiger partial charge in [0.15, 0.2) is 0 Å². The molecule has 0 aliphatic heterocycles. The SMILES string of the molecule is CCCCNCCCOc1ccc(OCC)cc1.O=C(O)C(=O)O. The Hall–Kier alpha value is -2.28. The summed E-state index contributed by atoms with van der Waals surface area (Å²) in [5, 5.41) is 18.2. The first kappa shape index (κ1) is 21.7. The van der Waals surface area contributed by atoms with Crippen LogP contribution in [0.1, 0.15) is 33.1 Å². The van der Waals surface area contributed by atoms with Crippen molar-refractivity contribution in [2.75, 3.05) is 26.3 Å². The van der Waals surface area contributed by atoms with E-state index in [0.717, 1.165) is 37.6 Å². The van der Waals surface area contributed by atoms with Gasteiger partial charge in [-0.2, -0.15) is 0 Å². The summed E-state index contributed by atoms with van der Waals surface area (Å²) < 4.78 is 11.0. The highest BCUT2D eigenvalue weighted by Crippen LogP contribution is 2.17. The number of nitrogens with one attached hydrogen (secondary N) is 1. The summed E-state index contributed by atoms with van der Waals surface area (Å²) in [6.45, 7) is 7.78. The molecule has 136 valence electrons. The molecule has 0 aliphatic rings. The molecule has 0 unspecified atom stereocenters. The molecule has 0 fully saturated rings. The maximum atomic E-state index is 9.10. The van der Waals surface area contributed by atoms with E-state index >= 15 is 0 Å². The summed E-state index contributed by atoms with van der Waals surface area (Å²) in [5.41, 5.74) is 0. The van der Waals surface area contributed by atoms with Gasteiger partial charge in [-0.3, -0.25) is 0 Å². The van der Waals surface area contributed by atoms with Crippen LogP contribution in [0.25, 0.3) is 0 Å². The number of carboxylic acids is 2. The molecule has 0 saturated carbocycles. The van der Waals surface area contributed by atoms with Gasteiger partial charge in [-0.15, -0.1) is 0 Å². The summed E-state index contributed by atoms with van der Waals surface area (Å²) in [6, 6.07) is 7.79. The molecule has 1 aromatic rings. The van der Waals surface area contributed by atoms with Crippen LogP contribution in [0.15, 0.2) is 24.3 Å². The molecule has 1 aromatic carbocycles. The van der Waals surface area contributed by atoms with Gasteiger partial charge in [-0.05, 0) is 57.1 Å². The molecule has 0 bridgehead atoms. The largest absolute Gasteiger partial charge is 0.494 e. The first-order valence-corrected chi connectivity index (χ1v) is 8.03. The minimum absolute atomic E-state index is 0.698. The highest BCUT2D eigenvalue weighted by molar-refractivity contribution is 6.27. The number of carbonyl (C=O) groups is 2. The lowest BCUT2D eigenvalue weighted by molar-refractivity contribution is -0.159. The molecule has 0 radical (unpaired) electrons. The predicted octanol–water partition coefficient (Wildman–Crippen LogP) is 2.40. The number of carboxylic acid groups (broad SMARTS) is 2. The highest BCUT2D eigenvalue weighted by Gasteiger charge is 2.04. The Morgan fingerprint density at radius 3 is 1.88 bits per heavy atom. The number of ether oxygens (including phenoxy) is 2. The van der Waals surface area contributed by atoms with Crippen LogP contribution in [0.5, 0.6) is 11.5 Å². The van der Waals surface area contributed by atoms with E-state index in [1.165, 1.54) is 12.8 Å². The Bertz CT molecular complexity index is 449. The first-order chi connectivity index (χ1) is 11.5. The highest BCUT2D eigenvalue weighted by atomic mass is 16.5. The average Bonchev–Trinajstić information content (AvgIpc) is 2.56. The third-order valence-corrected chi connectivity index (χ3v) is 2.79. The zero-order chi connectivity index (χ0) is 18.2. The van der Waals surface area contributed by atoms with Crippen molar-refractivity contribution in [3.05, 3.63) is 24.3 Å². The van der Waals surface area contributed by atoms with Crippen molar-refractivity contribution in [2.45, 2.75) is 33.1 Å². The van der Waals surface area contributed by atoms with E-state index in [4.69, 9.17) is 29.3 Å². The van der Waals surface area contributed by atoms with Gasteiger partial charge < -0.3 is 25.0 Å². The molecule has 0 aliphatic carbocycles. The van der Waals surface area contributed by atoms with Gasteiger partial charge in [-0.1, -0.05) is 13.3 Å². The first-order valence-electron chi connectivity index (χ1n) is 8.03. The molecule has 0 amide bonds. The van der Waals surface area contributed by atoms with E-state index in [0.29, 0.717) is 6.61 Å². The summed E-state index contributed by atoms with van der Waals surface area (Å²) in [7, 11) is 0. The van der Waals surface area contributed by atoms with E-state index in [9.17, 15) is 0 Å². The molecule has 0 spiro atoms. The standard InChI is InChI=1S/C15H25NO2.C2H2O4/c1-3-5-11-16-12-6-13-18-15-9-7-14(8-10-15)17-4-2;3-1(4)2(5)6/h7-10,16H,3-6,11-13H2,1-2H3;(H,3,4)(H,5,6). The van der Waals surface area contributed by atoms with Crippen molar-refractivity contribution < 1.29 is 29.3 Å². The summed E-state index contributed by atoms with van der Waals surface area (Å²) in [5.74, 6) is -1.84. The molecule has 0 aromatic heterocycles. The summed E-state index contributed by atoms with van der Waals surface area (Å²) in [6.07, 6.45) is 3.53. The van der Waals surface area contributed by atoms with Crippen LogP contribution < -0.4 is 14.8 Å². The molecule has 24 heavy (non-hydrogen) atoms. The summed E-state index contributed by atoms with van der Waals surface area (Å²) >= 11 is 0. The van der Waals surface area contributed by atoms with Gasteiger partial charge in [-0.25, -0.2) is 9.59 Å². The fraction of sp³-hybridized carbons (Fsp3) is 0.529. The second-order valence-electron chi connectivity index (χ2n) is 4.82. The van der Waals surface area contributed by atoms with Crippen molar-refractivity contribution in [1.82, 2.24) is 5.32 Å². The third-order valence-electron chi connectivity index (χ3n) is 2.79. The van der Waals surface area contributed by atoms with Crippen molar-refractivity contribution in [3.63, 3.8) is 0 Å². The summed E-state index contributed by atoms with van der Waals surface area (Å²) in [4.78, 5) is 18.2. The van der Waals surface area contributed by atoms with Crippen molar-refractivity contribution in [1.29, 1.82) is 0 Å². The zero-order valence-electron chi connectivity index (χ0n) is 14.3. The molecule has 0 atom stereocenters. The number of aliphatic carboxylic acids is 2. The van der Waals surface area contributed by atoms with Crippen LogP contribution in [0.2, 0.25) is 0 Å². The fourth-order valence-corrected chi connectivity index (χ4v) is 1.61. The molecule has 3 N–H and O–H groups in total. The number of hydrogen-bond donors (Lipinski definition) is 3. The Labute approximate surface area is 142 Å². The van der Waals surface area contributed by atoms with Gasteiger partial charge in [0.2, 0.25) is 0 Å². The Morgan fingerprint density at radius 2 is 1.42 bits per heavy atom. The van der Waals surface area contributed by atoms with Crippen LogP contribution in [0.3, 0.4) is 0 Å². The fourth-order valence-electron chi connectivity index (χ4n) is 1.61. The lowest BCUT2D eigenvalue weighted by Gasteiger charge is -2.08. The van der Waals surface area contributed by atoms with Gasteiger partial charge in [0.1, 0.15) is 11.5 Å². The number of benzene rings is 1. The lowest BCUT2D eigenvalue weighted by atomic mass is 10.3. The minimum atomic E-state index is -1.82. The molecule has 0 saturated heterocycles. The van der Waals surface area contributed by atoms with Gasteiger partial charge in [0.25, 0.3) is 0 Å². The molecule has 7 nitrogen and oxygen atoms in total. The van der Waals surface area contributed by atoms with E-state index in [1.807, 2.05) is 31.2 Å². The number of hydrogen-bond acceptors (Lipinski definition) is 5. The molecule has 0 heterocycles. The topological polar surface area (TPSA) is 105 Å². The molecular weight excluding hydrogens is 314 g/mol. The maximum absolute atomic E-state index is 9.10. The average molecular weight is 341 g/mol. The van der Waals surface area contributed by atoms with Crippen LogP contribution in [-0.4, -0.2) is 48.5 Å². The normalized spacial score (nSPS) is 9.58. The minimum Gasteiger partial charge on any atom is -0.494 e. The van der Waals surface area contributed by atoms with Crippen molar-refractivity contribution in [3.8, 4) is 11.5 Å². The van der Waals surface area contributed by atoms with E-state index in [-0.39, 0.29) is 0 Å². The zero-order valence-corrected chi connectivity index (χ0v) is 14.3. The lowest BCUT2D eigenvalue weighted by Crippen LogP contribution is -2.18. The van der Waals surface area contributed by atoms with Crippen molar-refractivity contribution in [2.24, 2.45) is 0 Å². The Balaban J connectivity index is 0.000000754. The molecule has 7 heteroatoms.